The molecule has 1 aliphatic heterocycles. The van der Waals surface area contributed by atoms with E-state index in [9.17, 15) is 0 Å². The lowest BCUT2D eigenvalue weighted by Crippen LogP contribution is -2.39. The summed E-state index contributed by atoms with van der Waals surface area (Å²) in [6.45, 7) is 2.79. The number of methoxy groups -OCH3 is 1. The van der Waals surface area contributed by atoms with Crippen LogP contribution in [0.25, 0.3) is 0 Å². The minimum Gasteiger partial charge on any atom is -0.497 e. The third-order valence-electron chi connectivity index (χ3n) is 3.20. The van der Waals surface area contributed by atoms with Crippen LogP contribution in [0.3, 0.4) is 0 Å². The first-order valence-electron chi connectivity index (χ1n) is 5.21. The summed E-state index contributed by atoms with van der Waals surface area (Å²) in [6.07, 6.45) is 0.919. The van der Waals surface area contributed by atoms with E-state index in [2.05, 4.69) is 0 Å². The number of nitrogens with two attached hydrogens (primary N) is 1. The molecule has 1 saturated heterocycles. The second-order valence-electron chi connectivity index (χ2n) is 4.08. The van der Waals surface area contributed by atoms with Crippen LogP contribution in [-0.4, -0.2) is 19.8 Å². The molecule has 0 bridgehead atoms. The van der Waals surface area contributed by atoms with Crippen LogP contribution < -0.4 is 10.5 Å². The van der Waals surface area contributed by atoms with Crippen molar-refractivity contribution in [2.24, 2.45) is 5.73 Å². The summed E-state index contributed by atoms with van der Waals surface area (Å²) in [5, 5.41) is 0. The van der Waals surface area contributed by atoms with Crippen molar-refractivity contribution < 1.29 is 9.47 Å². The third kappa shape index (κ3) is 1.73. The van der Waals surface area contributed by atoms with Gasteiger partial charge in [0, 0.05) is 12.6 Å². The van der Waals surface area contributed by atoms with Gasteiger partial charge >= 0.3 is 0 Å². The molecule has 0 saturated carbocycles. The summed E-state index contributed by atoms with van der Waals surface area (Å²) >= 11 is 0. The number of rotatable bonds is 2. The van der Waals surface area contributed by atoms with Gasteiger partial charge < -0.3 is 15.2 Å². The minimum atomic E-state index is -0.341. The highest BCUT2D eigenvalue weighted by molar-refractivity contribution is 5.32. The number of hydrogen-bond donors (Lipinski definition) is 1. The molecule has 0 aliphatic carbocycles. The van der Waals surface area contributed by atoms with Gasteiger partial charge in [-0.25, -0.2) is 0 Å². The molecule has 1 aliphatic rings. The molecule has 3 nitrogen and oxygen atoms in total. The fraction of sp³-hybridized carbons (Fsp3) is 0.500. The van der Waals surface area contributed by atoms with Gasteiger partial charge in [-0.1, -0.05) is 12.1 Å². The zero-order valence-corrected chi connectivity index (χ0v) is 9.19. The van der Waals surface area contributed by atoms with Crippen molar-refractivity contribution in [3.63, 3.8) is 0 Å². The maximum Gasteiger partial charge on any atom is 0.118 e. The number of hydrogen-bond acceptors (Lipinski definition) is 3. The Labute approximate surface area is 90.2 Å². The second-order valence-corrected chi connectivity index (χ2v) is 4.08. The van der Waals surface area contributed by atoms with E-state index >= 15 is 0 Å². The Bertz CT molecular complexity index is 336. The van der Waals surface area contributed by atoms with Gasteiger partial charge in [0.2, 0.25) is 0 Å². The Morgan fingerprint density at radius 2 is 2.07 bits per heavy atom. The van der Waals surface area contributed by atoms with Crippen molar-refractivity contribution in [2.45, 2.75) is 25.0 Å². The Morgan fingerprint density at radius 3 is 2.53 bits per heavy atom. The molecule has 82 valence electrons. The van der Waals surface area contributed by atoms with Gasteiger partial charge in [0.15, 0.2) is 0 Å². The molecule has 2 unspecified atom stereocenters. The average Bonchev–Trinajstić information content (AvgIpc) is 2.61. The average molecular weight is 207 g/mol. The van der Waals surface area contributed by atoms with Gasteiger partial charge in [-0.2, -0.15) is 0 Å². The van der Waals surface area contributed by atoms with Crippen LogP contribution >= 0.6 is 0 Å². The van der Waals surface area contributed by atoms with Crippen molar-refractivity contribution in [2.75, 3.05) is 13.7 Å². The first-order valence-corrected chi connectivity index (χ1v) is 5.21. The zero-order valence-electron chi connectivity index (χ0n) is 9.19. The summed E-state index contributed by atoms with van der Waals surface area (Å²) in [5.41, 5.74) is 6.84. The Morgan fingerprint density at radius 1 is 1.40 bits per heavy atom. The van der Waals surface area contributed by atoms with E-state index < -0.39 is 0 Å². The molecule has 3 heteroatoms. The molecule has 15 heavy (non-hydrogen) atoms. The molecule has 0 radical (unpaired) electrons. The van der Waals surface area contributed by atoms with Crippen molar-refractivity contribution >= 4 is 0 Å². The van der Waals surface area contributed by atoms with Crippen LogP contribution in [0.1, 0.15) is 18.9 Å². The number of benzene rings is 1. The lowest BCUT2D eigenvalue weighted by Gasteiger charge is -2.28. The number of ether oxygens (including phenoxy) is 2. The van der Waals surface area contributed by atoms with Gasteiger partial charge in [-0.05, 0) is 31.0 Å². The molecule has 2 atom stereocenters. The van der Waals surface area contributed by atoms with Crippen molar-refractivity contribution in [1.82, 2.24) is 0 Å². The van der Waals surface area contributed by atoms with E-state index in [0.717, 1.165) is 24.3 Å². The summed E-state index contributed by atoms with van der Waals surface area (Å²) in [5.74, 6) is 0.855. The summed E-state index contributed by atoms with van der Waals surface area (Å²) in [7, 11) is 1.66. The highest BCUT2D eigenvalue weighted by atomic mass is 16.5. The quantitative estimate of drug-likeness (QED) is 0.802. The standard InChI is InChI=1S/C12H17NO2/c1-12(11(13)7-8-15-12)9-3-5-10(14-2)6-4-9/h3-6,11H,7-8,13H2,1-2H3. The largest absolute Gasteiger partial charge is 0.497 e. The zero-order chi connectivity index (χ0) is 10.9. The van der Waals surface area contributed by atoms with Gasteiger partial charge in [0.1, 0.15) is 11.4 Å². The van der Waals surface area contributed by atoms with Gasteiger partial charge in [-0.15, -0.1) is 0 Å². The van der Waals surface area contributed by atoms with Crippen molar-refractivity contribution in [1.29, 1.82) is 0 Å². The summed E-state index contributed by atoms with van der Waals surface area (Å²) in [4.78, 5) is 0. The second kappa shape index (κ2) is 3.83. The fourth-order valence-electron chi connectivity index (χ4n) is 2.00. The van der Waals surface area contributed by atoms with Gasteiger partial charge in [-0.3, -0.25) is 0 Å². The molecule has 2 rings (SSSR count). The molecule has 0 spiro atoms. The highest BCUT2D eigenvalue weighted by Gasteiger charge is 2.39. The van der Waals surface area contributed by atoms with E-state index in [0.29, 0.717) is 0 Å². The lowest BCUT2D eigenvalue weighted by atomic mass is 9.89. The van der Waals surface area contributed by atoms with E-state index in [1.54, 1.807) is 7.11 Å². The molecule has 1 aromatic rings. The van der Waals surface area contributed by atoms with Crippen molar-refractivity contribution in [3.8, 4) is 5.75 Å². The van der Waals surface area contributed by atoms with E-state index in [1.165, 1.54) is 0 Å². The van der Waals surface area contributed by atoms with Crippen LogP contribution in [0.5, 0.6) is 5.75 Å². The molecule has 1 aromatic carbocycles. The molecule has 2 N–H and O–H groups in total. The van der Waals surface area contributed by atoms with Crippen LogP contribution in [0, 0.1) is 0 Å². The van der Waals surface area contributed by atoms with E-state index in [1.807, 2.05) is 31.2 Å². The maximum atomic E-state index is 6.06. The lowest BCUT2D eigenvalue weighted by molar-refractivity contribution is 0.00802. The van der Waals surface area contributed by atoms with E-state index in [-0.39, 0.29) is 11.6 Å². The van der Waals surface area contributed by atoms with E-state index in [4.69, 9.17) is 15.2 Å². The van der Waals surface area contributed by atoms with Gasteiger partial charge in [0.05, 0.1) is 7.11 Å². The highest BCUT2D eigenvalue weighted by Crippen LogP contribution is 2.35. The minimum absolute atomic E-state index is 0.0749. The SMILES string of the molecule is COc1ccc(C2(C)OCCC2N)cc1. The Balaban J connectivity index is 2.28. The molecule has 1 heterocycles. The van der Waals surface area contributed by atoms with Crippen LogP contribution in [-0.2, 0) is 10.3 Å². The first-order chi connectivity index (χ1) is 7.16. The third-order valence-corrected chi connectivity index (χ3v) is 3.20. The van der Waals surface area contributed by atoms with Gasteiger partial charge in [0.25, 0.3) is 0 Å². The Hall–Kier alpha value is -1.06. The monoisotopic (exact) mass is 207 g/mol. The molecule has 0 amide bonds. The topological polar surface area (TPSA) is 44.5 Å². The summed E-state index contributed by atoms with van der Waals surface area (Å²) in [6, 6.07) is 7.99. The molecule has 1 fully saturated rings. The predicted octanol–water partition coefficient (Wildman–Crippen LogP) is 1.66. The van der Waals surface area contributed by atoms with Crippen LogP contribution in [0.4, 0.5) is 0 Å². The van der Waals surface area contributed by atoms with Crippen molar-refractivity contribution in [3.05, 3.63) is 29.8 Å². The molecular weight excluding hydrogens is 190 g/mol. The fourth-order valence-corrected chi connectivity index (χ4v) is 2.00. The predicted molar refractivity (Wildman–Crippen MR) is 58.9 cm³/mol. The Kier molecular flexibility index (Phi) is 2.67. The molecule has 0 aromatic heterocycles. The molecular formula is C12H17NO2. The maximum absolute atomic E-state index is 6.06. The smallest absolute Gasteiger partial charge is 0.118 e. The first kappa shape index (κ1) is 10.5. The summed E-state index contributed by atoms with van der Waals surface area (Å²) < 4.78 is 10.9. The van der Waals surface area contributed by atoms with Crippen LogP contribution in [0.2, 0.25) is 0 Å². The normalized spacial score (nSPS) is 30.5. The van der Waals surface area contributed by atoms with Crippen LogP contribution in [0.15, 0.2) is 24.3 Å².